The quantitative estimate of drug-likeness (QED) is 0.655. The monoisotopic (exact) mass is 326 g/mol. The molecule has 0 heterocycles. The number of hydrogen-bond donors (Lipinski definition) is 1. The van der Waals surface area contributed by atoms with Crippen LogP contribution < -0.4 is 0 Å². The predicted molar refractivity (Wildman–Crippen MR) is 101 cm³/mol. The van der Waals surface area contributed by atoms with Crippen LogP contribution in [0.5, 0.6) is 5.75 Å². The van der Waals surface area contributed by atoms with E-state index in [0.29, 0.717) is 17.6 Å². The molecule has 0 fully saturated rings. The molecule has 0 saturated carbocycles. The highest BCUT2D eigenvalue weighted by Gasteiger charge is 2.28. The molecule has 0 radical (unpaired) electrons. The lowest BCUT2D eigenvalue weighted by atomic mass is 9.86. The summed E-state index contributed by atoms with van der Waals surface area (Å²) in [6.07, 6.45) is 4.53. The average Bonchev–Trinajstić information content (AvgIpc) is 3.26. The molecule has 5 rings (SSSR count). The van der Waals surface area contributed by atoms with E-state index in [4.69, 9.17) is 0 Å². The van der Waals surface area contributed by atoms with Crippen LogP contribution in [0.25, 0.3) is 0 Å². The van der Waals surface area contributed by atoms with Gasteiger partial charge in [0.25, 0.3) is 0 Å². The second-order valence-electron chi connectivity index (χ2n) is 7.40. The molecule has 124 valence electrons. The van der Waals surface area contributed by atoms with Crippen LogP contribution in [0.4, 0.5) is 0 Å². The minimum Gasteiger partial charge on any atom is -0.508 e. The Morgan fingerprint density at radius 2 is 1.24 bits per heavy atom. The van der Waals surface area contributed by atoms with Crippen molar-refractivity contribution in [1.82, 2.24) is 0 Å². The van der Waals surface area contributed by atoms with E-state index in [0.717, 1.165) is 24.8 Å². The van der Waals surface area contributed by atoms with Gasteiger partial charge in [-0.3, -0.25) is 0 Å². The van der Waals surface area contributed by atoms with Crippen molar-refractivity contribution in [2.45, 2.75) is 37.5 Å². The first-order valence-electron chi connectivity index (χ1n) is 9.29. The zero-order valence-corrected chi connectivity index (χ0v) is 14.3. The van der Waals surface area contributed by atoms with E-state index in [1.165, 1.54) is 34.2 Å². The van der Waals surface area contributed by atoms with Crippen molar-refractivity contribution in [3.05, 3.63) is 100 Å². The van der Waals surface area contributed by atoms with Crippen LogP contribution in [0.1, 0.15) is 58.1 Å². The summed E-state index contributed by atoms with van der Waals surface area (Å²) in [5.41, 5.74) is 8.22. The summed E-state index contributed by atoms with van der Waals surface area (Å²) in [7, 11) is 0. The molecule has 1 N–H and O–H groups in total. The van der Waals surface area contributed by atoms with Crippen molar-refractivity contribution >= 4 is 0 Å². The third-order valence-corrected chi connectivity index (χ3v) is 6.10. The van der Waals surface area contributed by atoms with Gasteiger partial charge in [0.2, 0.25) is 0 Å². The van der Waals surface area contributed by atoms with Crippen molar-refractivity contribution in [2.75, 3.05) is 0 Å². The number of aromatic hydroxyl groups is 1. The molecule has 2 unspecified atom stereocenters. The van der Waals surface area contributed by atoms with Crippen LogP contribution in [0.15, 0.2) is 66.7 Å². The molecular formula is C24H22O. The van der Waals surface area contributed by atoms with Crippen LogP contribution >= 0.6 is 0 Å². The van der Waals surface area contributed by atoms with Gasteiger partial charge in [0.05, 0.1) is 0 Å². The fourth-order valence-electron chi connectivity index (χ4n) is 4.85. The van der Waals surface area contributed by atoms with Gasteiger partial charge in [-0.05, 0) is 59.6 Å². The molecule has 3 aromatic rings. The summed E-state index contributed by atoms with van der Waals surface area (Å²) in [5.74, 6) is 1.23. The minimum absolute atomic E-state index is 0.327. The highest BCUT2D eigenvalue weighted by molar-refractivity contribution is 5.51. The van der Waals surface area contributed by atoms with Gasteiger partial charge < -0.3 is 5.11 Å². The molecule has 3 aromatic carbocycles. The SMILES string of the molecule is Oc1ccc(C2CCc3ccccc32)cc1C1CCc2ccccc21. The van der Waals surface area contributed by atoms with Crippen molar-refractivity contribution in [1.29, 1.82) is 0 Å². The lowest BCUT2D eigenvalue weighted by Gasteiger charge is -2.18. The minimum atomic E-state index is 0.327. The Morgan fingerprint density at radius 3 is 1.96 bits per heavy atom. The van der Waals surface area contributed by atoms with Crippen LogP contribution in [0, 0.1) is 0 Å². The number of fused-ring (bicyclic) bond motifs is 2. The smallest absolute Gasteiger partial charge is 0.119 e. The molecule has 1 heteroatoms. The van der Waals surface area contributed by atoms with Gasteiger partial charge in [-0.1, -0.05) is 60.7 Å². The first-order valence-corrected chi connectivity index (χ1v) is 9.29. The number of phenols is 1. The Hall–Kier alpha value is -2.54. The predicted octanol–water partition coefficient (Wildman–Crippen LogP) is 5.55. The maximum absolute atomic E-state index is 10.6. The van der Waals surface area contributed by atoms with Crippen molar-refractivity contribution in [3.8, 4) is 5.75 Å². The Balaban J connectivity index is 1.57. The highest BCUT2D eigenvalue weighted by Crippen LogP contribution is 2.44. The molecule has 2 aliphatic rings. The van der Waals surface area contributed by atoms with E-state index >= 15 is 0 Å². The second-order valence-corrected chi connectivity index (χ2v) is 7.40. The van der Waals surface area contributed by atoms with Crippen molar-refractivity contribution in [2.24, 2.45) is 0 Å². The van der Waals surface area contributed by atoms with E-state index in [2.05, 4.69) is 60.7 Å². The highest BCUT2D eigenvalue weighted by atomic mass is 16.3. The summed E-state index contributed by atoms with van der Waals surface area (Å²) in [5, 5.41) is 10.6. The first-order chi connectivity index (χ1) is 12.3. The van der Waals surface area contributed by atoms with E-state index < -0.39 is 0 Å². The Bertz CT molecular complexity index is 940. The van der Waals surface area contributed by atoms with Gasteiger partial charge in [-0.25, -0.2) is 0 Å². The molecule has 0 saturated heterocycles. The first kappa shape index (κ1) is 14.8. The van der Waals surface area contributed by atoms with Crippen LogP contribution in [0.2, 0.25) is 0 Å². The molecule has 25 heavy (non-hydrogen) atoms. The summed E-state index contributed by atoms with van der Waals surface area (Å²) in [4.78, 5) is 0. The maximum atomic E-state index is 10.6. The molecule has 0 amide bonds. The number of aryl methyl sites for hydroxylation is 2. The van der Waals surface area contributed by atoms with Crippen LogP contribution in [0.3, 0.4) is 0 Å². The zero-order chi connectivity index (χ0) is 16.8. The molecular weight excluding hydrogens is 304 g/mol. The van der Waals surface area contributed by atoms with Gasteiger partial charge in [-0.15, -0.1) is 0 Å². The number of rotatable bonds is 2. The zero-order valence-electron chi connectivity index (χ0n) is 14.3. The average molecular weight is 326 g/mol. The normalized spacial score (nSPS) is 21.1. The van der Waals surface area contributed by atoms with Gasteiger partial charge in [0.15, 0.2) is 0 Å². The van der Waals surface area contributed by atoms with E-state index in [1.807, 2.05) is 6.07 Å². The number of benzene rings is 3. The largest absolute Gasteiger partial charge is 0.508 e. The van der Waals surface area contributed by atoms with Crippen LogP contribution in [-0.4, -0.2) is 5.11 Å². The summed E-state index contributed by atoms with van der Waals surface area (Å²) in [6, 6.07) is 23.8. The Kier molecular flexibility index (Phi) is 3.41. The third-order valence-electron chi connectivity index (χ3n) is 6.10. The lowest BCUT2D eigenvalue weighted by molar-refractivity contribution is 0.464. The summed E-state index contributed by atoms with van der Waals surface area (Å²) < 4.78 is 0. The molecule has 0 aliphatic heterocycles. The van der Waals surface area contributed by atoms with E-state index in [1.54, 1.807) is 0 Å². The topological polar surface area (TPSA) is 20.2 Å². The standard InChI is InChI=1S/C24H22O/c25-24-14-11-18(21-12-9-16-5-1-3-7-19(16)21)15-23(24)22-13-10-17-6-2-4-8-20(17)22/h1-8,11,14-15,21-22,25H,9-10,12-13H2. The molecule has 0 bridgehead atoms. The maximum Gasteiger partial charge on any atom is 0.119 e. The van der Waals surface area contributed by atoms with E-state index in [-0.39, 0.29) is 0 Å². The van der Waals surface area contributed by atoms with Gasteiger partial charge >= 0.3 is 0 Å². The fourth-order valence-corrected chi connectivity index (χ4v) is 4.85. The Morgan fingerprint density at radius 1 is 0.640 bits per heavy atom. The summed E-state index contributed by atoms with van der Waals surface area (Å²) in [6.45, 7) is 0. The molecule has 0 spiro atoms. The number of hydrogen-bond acceptors (Lipinski definition) is 1. The second kappa shape index (κ2) is 5.77. The van der Waals surface area contributed by atoms with E-state index in [9.17, 15) is 5.11 Å². The number of phenolic OH excluding ortho intramolecular Hbond substituents is 1. The van der Waals surface area contributed by atoms with Gasteiger partial charge in [0, 0.05) is 17.4 Å². The molecule has 1 nitrogen and oxygen atoms in total. The van der Waals surface area contributed by atoms with Crippen molar-refractivity contribution < 1.29 is 5.11 Å². The van der Waals surface area contributed by atoms with Crippen LogP contribution in [-0.2, 0) is 12.8 Å². The molecule has 2 aliphatic carbocycles. The third kappa shape index (κ3) is 2.38. The van der Waals surface area contributed by atoms with Crippen molar-refractivity contribution in [3.63, 3.8) is 0 Å². The van der Waals surface area contributed by atoms with Gasteiger partial charge in [-0.2, -0.15) is 0 Å². The fraction of sp³-hybridized carbons (Fsp3) is 0.250. The van der Waals surface area contributed by atoms with Gasteiger partial charge in [0.1, 0.15) is 5.75 Å². The summed E-state index contributed by atoms with van der Waals surface area (Å²) >= 11 is 0. The molecule has 2 atom stereocenters. The lowest BCUT2D eigenvalue weighted by Crippen LogP contribution is -2.01. The molecule has 0 aromatic heterocycles. The Labute approximate surface area is 149 Å².